The molecule has 0 spiro atoms. The highest BCUT2D eigenvalue weighted by atomic mass is 35.5. The number of anilines is 1. The van der Waals surface area contributed by atoms with Gasteiger partial charge in [0.1, 0.15) is 0 Å². The Labute approximate surface area is 176 Å². The lowest BCUT2D eigenvalue weighted by atomic mass is 10.3. The molecule has 1 fully saturated rings. The Kier molecular flexibility index (Phi) is 8.93. The molecule has 1 heterocycles. The number of halogens is 3. The Morgan fingerprint density at radius 2 is 1.63 bits per heavy atom. The summed E-state index contributed by atoms with van der Waals surface area (Å²) in [7, 11) is 0. The molecule has 5 nitrogen and oxygen atoms in total. The van der Waals surface area contributed by atoms with Crippen LogP contribution in [-0.2, 0) is 0 Å². The average molecular weight is 432 g/mol. The summed E-state index contributed by atoms with van der Waals surface area (Å²) < 4.78 is 0. The smallest absolute Gasteiger partial charge is 0.321 e. The Balaban J connectivity index is 1.81. The van der Waals surface area contributed by atoms with E-state index in [4.69, 9.17) is 34.8 Å². The molecule has 1 aromatic rings. The van der Waals surface area contributed by atoms with Crippen LogP contribution >= 0.6 is 34.8 Å². The molecule has 0 saturated carbocycles. The predicted octanol–water partition coefficient (Wildman–Crippen LogP) is 4.47. The van der Waals surface area contributed by atoms with Gasteiger partial charge in [0.25, 0.3) is 0 Å². The van der Waals surface area contributed by atoms with Gasteiger partial charge in [0, 0.05) is 52.4 Å². The predicted molar refractivity (Wildman–Crippen MR) is 115 cm³/mol. The van der Waals surface area contributed by atoms with Gasteiger partial charge in [-0.15, -0.1) is 13.2 Å². The van der Waals surface area contributed by atoms with Crippen molar-refractivity contribution in [3.05, 3.63) is 52.5 Å². The number of carbonyl (C=O) groups is 1. The van der Waals surface area contributed by atoms with Crippen molar-refractivity contribution in [1.29, 1.82) is 0 Å². The standard InChI is InChI=1S/C19H25Cl3N4O/c1-3-5-24(6-4-2)7-8-25-9-11-26(12-10-25)19(27)23-18-14-16(21)15(20)13-17(18)22/h3-4,13-14H,1-2,5-12H2,(H,23,27). The molecule has 0 aliphatic carbocycles. The molecule has 27 heavy (non-hydrogen) atoms. The molecule has 1 saturated heterocycles. The van der Waals surface area contributed by atoms with Gasteiger partial charge in [0.05, 0.1) is 20.8 Å². The summed E-state index contributed by atoms with van der Waals surface area (Å²) in [6.45, 7) is 14.2. The van der Waals surface area contributed by atoms with Gasteiger partial charge in [-0.2, -0.15) is 0 Å². The Hall–Kier alpha value is -1.24. The second kappa shape index (κ2) is 10.9. The van der Waals surface area contributed by atoms with Crippen molar-refractivity contribution in [3.63, 3.8) is 0 Å². The van der Waals surface area contributed by atoms with Gasteiger partial charge in [0.2, 0.25) is 0 Å². The van der Waals surface area contributed by atoms with Gasteiger partial charge in [-0.1, -0.05) is 47.0 Å². The zero-order valence-corrected chi connectivity index (χ0v) is 17.5. The first-order valence-corrected chi connectivity index (χ1v) is 9.95. The fourth-order valence-corrected chi connectivity index (χ4v) is 3.49. The molecule has 148 valence electrons. The first-order valence-electron chi connectivity index (χ1n) is 8.81. The third-order valence-electron chi connectivity index (χ3n) is 4.42. The van der Waals surface area contributed by atoms with Crippen LogP contribution in [0, 0.1) is 0 Å². The minimum atomic E-state index is -0.185. The number of urea groups is 1. The molecule has 2 rings (SSSR count). The summed E-state index contributed by atoms with van der Waals surface area (Å²) in [4.78, 5) is 18.9. The zero-order valence-electron chi connectivity index (χ0n) is 15.3. The Bertz CT molecular complexity index is 665. The van der Waals surface area contributed by atoms with Crippen LogP contribution in [0.1, 0.15) is 0 Å². The van der Waals surface area contributed by atoms with Gasteiger partial charge >= 0.3 is 6.03 Å². The van der Waals surface area contributed by atoms with Crippen LogP contribution in [0.3, 0.4) is 0 Å². The number of rotatable bonds is 8. The molecule has 0 radical (unpaired) electrons. The number of nitrogens with zero attached hydrogens (tertiary/aromatic N) is 3. The molecular formula is C19H25Cl3N4O. The van der Waals surface area contributed by atoms with Crippen LogP contribution in [0.25, 0.3) is 0 Å². The van der Waals surface area contributed by atoms with Crippen molar-refractivity contribution in [2.45, 2.75) is 0 Å². The summed E-state index contributed by atoms with van der Waals surface area (Å²) >= 11 is 18.0. The second-order valence-electron chi connectivity index (χ2n) is 6.34. The number of benzene rings is 1. The molecule has 1 aliphatic rings. The molecule has 0 bridgehead atoms. The third-order valence-corrected chi connectivity index (χ3v) is 5.45. The maximum absolute atomic E-state index is 12.5. The van der Waals surface area contributed by atoms with Crippen molar-refractivity contribution in [1.82, 2.24) is 14.7 Å². The SMILES string of the molecule is C=CCN(CC=C)CCN1CCN(C(=O)Nc2cc(Cl)c(Cl)cc2Cl)CC1. The highest BCUT2D eigenvalue weighted by Crippen LogP contribution is 2.32. The maximum atomic E-state index is 12.5. The highest BCUT2D eigenvalue weighted by Gasteiger charge is 2.22. The van der Waals surface area contributed by atoms with E-state index in [-0.39, 0.29) is 6.03 Å². The minimum absolute atomic E-state index is 0.185. The fourth-order valence-electron chi connectivity index (χ4n) is 2.89. The second-order valence-corrected chi connectivity index (χ2v) is 7.56. The van der Waals surface area contributed by atoms with Gasteiger partial charge in [-0.25, -0.2) is 4.79 Å². The lowest BCUT2D eigenvalue weighted by Gasteiger charge is -2.35. The highest BCUT2D eigenvalue weighted by molar-refractivity contribution is 6.44. The van der Waals surface area contributed by atoms with Crippen LogP contribution < -0.4 is 5.32 Å². The first kappa shape index (κ1) is 22.1. The van der Waals surface area contributed by atoms with E-state index in [0.29, 0.717) is 33.8 Å². The van der Waals surface area contributed by atoms with Crippen molar-refractivity contribution in [3.8, 4) is 0 Å². The van der Waals surface area contributed by atoms with E-state index in [9.17, 15) is 4.79 Å². The van der Waals surface area contributed by atoms with E-state index >= 15 is 0 Å². The van der Waals surface area contributed by atoms with Crippen LogP contribution in [0.15, 0.2) is 37.4 Å². The van der Waals surface area contributed by atoms with Crippen LogP contribution in [0.4, 0.5) is 10.5 Å². The van der Waals surface area contributed by atoms with Crippen LogP contribution in [0.2, 0.25) is 15.1 Å². The normalized spacial score (nSPS) is 15.0. The van der Waals surface area contributed by atoms with Crippen LogP contribution in [0.5, 0.6) is 0 Å². The molecular weight excluding hydrogens is 407 g/mol. The lowest BCUT2D eigenvalue weighted by molar-refractivity contribution is 0.137. The van der Waals surface area contributed by atoms with E-state index in [0.717, 1.165) is 39.3 Å². The summed E-state index contributed by atoms with van der Waals surface area (Å²) in [5, 5.41) is 3.88. The van der Waals surface area contributed by atoms with E-state index in [1.165, 1.54) is 6.07 Å². The van der Waals surface area contributed by atoms with E-state index in [1.54, 1.807) is 11.0 Å². The summed E-state index contributed by atoms with van der Waals surface area (Å²) in [5.74, 6) is 0. The monoisotopic (exact) mass is 430 g/mol. The largest absolute Gasteiger partial charge is 0.322 e. The zero-order chi connectivity index (χ0) is 19.8. The first-order chi connectivity index (χ1) is 12.9. The average Bonchev–Trinajstić information content (AvgIpc) is 2.65. The molecule has 0 atom stereocenters. The Morgan fingerprint density at radius 1 is 1.04 bits per heavy atom. The maximum Gasteiger partial charge on any atom is 0.321 e. The fraction of sp³-hybridized carbons (Fsp3) is 0.421. The quantitative estimate of drug-likeness (QED) is 0.487. The van der Waals surface area contributed by atoms with Crippen molar-refractivity contribution in [2.75, 3.05) is 57.7 Å². The number of hydrogen-bond donors (Lipinski definition) is 1. The lowest BCUT2D eigenvalue weighted by Crippen LogP contribution is -2.51. The van der Waals surface area contributed by atoms with Crippen LogP contribution in [-0.4, -0.2) is 73.1 Å². The van der Waals surface area contributed by atoms with Gasteiger partial charge in [-0.3, -0.25) is 9.80 Å². The van der Waals surface area contributed by atoms with Gasteiger partial charge < -0.3 is 10.2 Å². The molecule has 0 aromatic heterocycles. The summed E-state index contributed by atoms with van der Waals surface area (Å²) in [6.07, 6.45) is 3.81. The minimum Gasteiger partial charge on any atom is -0.322 e. The number of nitrogens with one attached hydrogen (secondary N) is 1. The molecule has 1 aliphatic heterocycles. The topological polar surface area (TPSA) is 38.8 Å². The van der Waals surface area contributed by atoms with E-state index in [2.05, 4.69) is 28.3 Å². The third kappa shape index (κ3) is 6.70. The summed E-state index contributed by atoms with van der Waals surface area (Å²) in [6, 6.07) is 2.90. The Morgan fingerprint density at radius 3 is 2.22 bits per heavy atom. The van der Waals surface area contributed by atoms with Gasteiger partial charge in [-0.05, 0) is 12.1 Å². The molecule has 8 heteroatoms. The summed E-state index contributed by atoms with van der Waals surface area (Å²) in [5.41, 5.74) is 0.461. The number of carbonyl (C=O) groups excluding carboxylic acids is 1. The van der Waals surface area contributed by atoms with Crippen molar-refractivity contribution in [2.24, 2.45) is 0 Å². The van der Waals surface area contributed by atoms with Crippen molar-refractivity contribution < 1.29 is 4.79 Å². The van der Waals surface area contributed by atoms with E-state index in [1.807, 2.05) is 12.2 Å². The number of piperazine rings is 1. The van der Waals surface area contributed by atoms with Crippen molar-refractivity contribution >= 4 is 46.5 Å². The molecule has 1 aromatic carbocycles. The number of hydrogen-bond acceptors (Lipinski definition) is 3. The molecule has 2 amide bonds. The number of amides is 2. The molecule has 0 unspecified atom stereocenters. The molecule has 1 N–H and O–H groups in total. The van der Waals surface area contributed by atoms with E-state index < -0.39 is 0 Å². The van der Waals surface area contributed by atoms with Gasteiger partial charge in [0.15, 0.2) is 0 Å².